The van der Waals surface area contributed by atoms with Gasteiger partial charge in [0.05, 0.1) is 23.9 Å². The summed E-state index contributed by atoms with van der Waals surface area (Å²) in [5.74, 6) is -3.05. The molecular weight excluding hydrogens is 514 g/mol. The number of amides is 3. The van der Waals surface area contributed by atoms with Crippen molar-refractivity contribution in [2.75, 3.05) is 12.4 Å². The molecule has 2 aromatic carbocycles. The molecule has 36 heavy (non-hydrogen) atoms. The number of carbonyl (C=O) groups excluding carboxylic acids is 2. The third-order valence-corrected chi connectivity index (χ3v) is 7.08. The van der Waals surface area contributed by atoms with E-state index >= 15 is 4.39 Å². The number of urea groups is 1. The Kier molecular flexibility index (Phi) is 6.76. The van der Waals surface area contributed by atoms with Crippen LogP contribution in [0.3, 0.4) is 0 Å². The first-order valence-corrected chi connectivity index (χ1v) is 12.5. The lowest BCUT2D eigenvalue weighted by atomic mass is 10.1. The largest absolute Gasteiger partial charge is 0.496 e. The van der Waals surface area contributed by atoms with Gasteiger partial charge in [0, 0.05) is 35.0 Å². The van der Waals surface area contributed by atoms with Crippen molar-refractivity contribution in [3.05, 3.63) is 52.7 Å². The standard InChI is InChI=1S/C24H21ClF2N4O4S/c1-34-19-10-16-13(8-14(19)23(32)31-36-12-4-5-12)18(6-7-28-16)35-22-15(26)9-17(20(25)21(22)27)30-24(33)29-11-2-3-11/h6-12H,2-5H2,1H3,(H,31,32)(H2,29,30,33). The van der Waals surface area contributed by atoms with E-state index < -0.39 is 28.4 Å². The number of anilines is 1. The molecule has 2 fully saturated rings. The van der Waals surface area contributed by atoms with Crippen LogP contribution in [0.1, 0.15) is 36.0 Å². The van der Waals surface area contributed by atoms with E-state index in [1.54, 1.807) is 6.07 Å². The van der Waals surface area contributed by atoms with Gasteiger partial charge < -0.3 is 20.1 Å². The van der Waals surface area contributed by atoms with Crippen LogP contribution in [0.15, 0.2) is 30.5 Å². The monoisotopic (exact) mass is 534 g/mol. The van der Waals surface area contributed by atoms with Gasteiger partial charge in [0.2, 0.25) is 0 Å². The fraction of sp³-hybridized carbons (Fsp3) is 0.292. The van der Waals surface area contributed by atoms with Crippen molar-refractivity contribution in [1.29, 1.82) is 0 Å². The molecule has 0 unspecified atom stereocenters. The lowest BCUT2D eigenvalue weighted by Gasteiger charge is -2.15. The van der Waals surface area contributed by atoms with Gasteiger partial charge in [0.1, 0.15) is 16.5 Å². The lowest BCUT2D eigenvalue weighted by molar-refractivity contribution is 0.0981. The van der Waals surface area contributed by atoms with Crippen LogP contribution >= 0.6 is 23.5 Å². The van der Waals surface area contributed by atoms with Crippen LogP contribution < -0.4 is 24.8 Å². The van der Waals surface area contributed by atoms with E-state index in [2.05, 4.69) is 20.3 Å². The third kappa shape index (κ3) is 5.26. The summed E-state index contributed by atoms with van der Waals surface area (Å²) in [5.41, 5.74) is 0.377. The Morgan fingerprint density at radius 2 is 1.92 bits per heavy atom. The number of nitrogens with zero attached hydrogens (tertiary/aromatic N) is 1. The number of methoxy groups -OCH3 is 1. The van der Waals surface area contributed by atoms with E-state index in [1.807, 2.05) is 0 Å². The molecule has 2 saturated carbocycles. The van der Waals surface area contributed by atoms with Gasteiger partial charge >= 0.3 is 6.03 Å². The zero-order valence-electron chi connectivity index (χ0n) is 19.0. The van der Waals surface area contributed by atoms with Crippen molar-refractivity contribution in [3.63, 3.8) is 0 Å². The Hall–Kier alpha value is -3.31. The van der Waals surface area contributed by atoms with Crippen molar-refractivity contribution in [3.8, 4) is 17.2 Å². The van der Waals surface area contributed by atoms with Crippen molar-refractivity contribution in [1.82, 2.24) is 15.0 Å². The molecule has 2 aliphatic carbocycles. The van der Waals surface area contributed by atoms with E-state index in [0.717, 1.165) is 31.7 Å². The summed E-state index contributed by atoms with van der Waals surface area (Å²) < 4.78 is 43.7. The van der Waals surface area contributed by atoms with Crippen molar-refractivity contribution in [2.45, 2.75) is 37.0 Å². The summed E-state index contributed by atoms with van der Waals surface area (Å²) in [4.78, 5) is 29.0. The minimum Gasteiger partial charge on any atom is -0.496 e. The molecule has 0 radical (unpaired) electrons. The molecule has 0 spiro atoms. The van der Waals surface area contributed by atoms with Crippen molar-refractivity contribution in [2.24, 2.45) is 0 Å². The molecule has 188 valence electrons. The fourth-order valence-corrected chi connectivity index (χ4v) is 4.35. The highest BCUT2D eigenvalue weighted by atomic mass is 35.5. The minimum atomic E-state index is -1.18. The second-order valence-electron chi connectivity index (χ2n) is 8.46. The first-order chi connectivity index (χ1) is 17.3. The van der Waals surface area contributed by atoms with Crippen molar-refractivity contribution < 1.29 is 27.8 Å². The third-order valence-electron chi connectivity index (χ3n) is 5.60. The van der Waals surface area contributed by atoms with Crippen LogP contribution in [0.4, 0.5) is 19.3 Å². The molecule has 8 nitrogen and oxygen atoms in total. The van der Waals surface area contributed by atoms with E-state index in [-0.39, 0.29) is 28.9 Å². The SMILES string of the molecule is COc1cc2nccc(Oc3c(F)cc(NC(=O)NC4CC4)c(Cl)c3F)c2cc1C(=O)NSC1CC1. The van der Waals surface area contributed by atoms with Gasteiger partial charge in [0.15, 0.2) is 17.4 Å². The number of nitrogens with one attached hydrogen (secondary N) is 3. The summed E-state index contributed by atoms with van der Waals surface area (Å²) in [6.45, 7) is 0. The average Bonchev–Trinajstić information content (AvgIpc) is 3.79. The second-order valence-corrected chi connectivity index (χ2v) is 9.95. The molecule has 2 aliphatic rings. The zero-order valence-corrected chi connectivity index (χ0v) is 20.6. The number of halogens is 3. The maximum atomic E-state index is 15.1. The number of aromatic nitrogens is 1. The second kappa shape index (κ2) is 9.98. The first-order valence-electron chi connectivity index (χ1n) is 11.2. The topological polar surface area (TPSA) is 102 Å². The fourth-order valence-electron chi connectivity index (χ4n) is 3.41. The number of carbonyl (C=O) groups is 2. The normalized spacial score (nSPS) is 14.9. The summed E-state index contributed by atoms with van der Waals surface area (Å²) in [7, 11) is 1.43. The highest BCUT2D eigenvalue weighted by molar-refractivity contribution is 7.98. The number of pyridine rings is 1. The van der Waals surface area contributed by atoms with E-state index in [4.69, 9.17) is 21.1 Å². The van der Waals surface area contributed by atoms with Crippen molar-refractivity contribution >= 4 is 52.1 Å². The lowest BCUT2D eigenvalue weighted by Crippen LogP contribution is -2.30. The predicted molar refractivity (Wildman–Crippen MR) is 133 cm³/mol. The van der Waals surface area contributed by atoms with Gasteiger partial charge in [-0.1, -0.05) is 11.6 Å². The maximum Gasteiger partial charge on any atom is 0.319 e. The van der Waals surface area contributed by atoms with Crippen LogP contribution in [-0.2, 0) is 0 Å². The molecule has 0 aliphatic heterocycles. The van der Waals surface area contributed by atoms with Crippen LogP contribution in [0.25, 0.3) is 10.9 Å². The number of rotatable bonds is 8. The summed E-state index contributed by atoms with van der Waals surface area (Å²) >= 11 is 7.42. The Morgan fingerprint density at radius 3 is 2.61 bits per heavy atom. The number of ether oxygens (including phenoxy) is 2. The summed E-state index contributed by atoms with van der Waals surface area (Å²) in [6, 6.07) is 4.79. The van der Waals surface area contributed by atoms with Gasteiger partial charge in [-0.3, -0.25) is 14.5 Å². The minimum absolute atomic E-state index is 0.0487. The Balaban J connectivity index is 1.45. The molecule has 0 atom stereocenters. The number of fused-ring (bicyclic) bond motifs is 1. The highest BCUT2D eigenvalue weighted by Crippen LogP contribution is 2.40. The molecule has 0 saturated heterocycles. The van der Waals surface area contributed by atoms with Crippen LogP contribution in [0.5, 0.6) is 17.2 Å². The Morgan fingerprint density at radius 1 is 1.14 bits per heavy atom. The average molecular weight is 535 g/mol. The molecular formula is C24H21ClF2N4O4S. The zero-order chi connectivity index (χ0) is 25.4. The molecule has 12 heteroatoms. The molecule has 5 rings (SSSR count). The van der Waals surface area contributed by atoms with Crippen LogP contribution in [0, 0.1) is 11.6 Å². The van der Waals surface area contributed by atoms with E-state index in [0.29, 0.717) is 21.9 Å². The quantitative estimate of drug-likeness (QED) is 0.250. The molecule has 3 aromatic rings. The smallest absolute Gasteiger partial charge is 0.319 e. The molecule has 0 bridgehead atoms. The summed E-state index contributed by atoms with van der Waals surface area (Å²) in [5, 5.41) is 5.23. The van der Waals surface area contributed by atoms with Crippen LogP contribution in [0.2, 0.25) is 5.02 Å². The van der Waals surface area contributed by atoms with Gasteiger partial charge in [-0.05, 0) is 49.8 Å². The van der Waals surface area contributed by atoms with E-state index in [9.17, 15) is 14.0 Å². The van der Waals surface area contributed by atoms with Gasteiger partial charge in [-0.2, -0.15) is 0 Å². The molecule has 3 amide bonds. The predicted octanol–water partition coefficient (Wildman–Crippen LogP) is 5.79. The van der Waals surface area contributed by atoms with Gasteiger partial charge in [-0.25, -0.2) is 13.6 Å². The number of benzene rings is 2. The first kappa shape index (κ1) is 24.4. The Bertz CT molecular complexity index is 1370. The van der Waals surface area contributed by atoms with Gasteiger partial charge in [-0.15, -0.1) is 0 Å². The number of hydrogen-bond acceptors (Lipinski definition) is 6. The molecule has 3 N–H and O–H groups in total. The van der Waals surface area contributed by atoms with Gasteiger partial charge in [0.25, 0.3) is 5.91 Å². The van der Waals surface area contributed by atoms with Crippen LogP contribution in [-0.4, -0.2) is 35.3 Å². The summed E-state index contributed by atoms with van der Waals surface area (Å²) in [6.07, 6.45) is 5.19. The maximum absolute atomic E-state index is 15.1. The Labute approximate surface area is 214 Å². The molecule has 1 aromatic heterocycles. The number of hydrogen-bond donors (Lipinski definition) is 3. The molecule has 1 heterocycles. The highest BCUT2D eigenvalue weighted by Gasteiger charge is 2.27. The van der Waals surface area contributed by atoms with E-state index in [1.165, 1.54) is 37.4 Å².